The molecule has 0 aliphatic carbocycles. The number of thiazole rings is 1. The van der Waals surface area contributed by atoms with Gasteiger partial charge in [0.2, 0.25) is 5.91 Å². The molecule has 8 nitrogen and oxygen atoms in total. The van der Waals surface area contributed by atoms with Crippen molar-refractivity contribution >= 4 is 57.7 Å². The molecule has 1 unspecified atom stereocenters. The minimum Gasteiger partial charge on any atom is -0.497 e. The fourth-order valence-electron chi connectivity index (χ4n) is 4.43. The van der Waals surface area contributed by atoms with Gasteiger partial charge in [-0.3, -0.25) is 14.4 Å². The monoisotopic (exact) mass is 648 g/mol. The van der Waals surface area contributed by atoms with Crippen LogP contribution in [0, 0.1) is 0 Å². The fraction of sp³-hybridized carbons (Fsp3) is 0.111. The lowest BCUT2D eigenvalue weighted by molar-refractivity contribution is -0.116. The summed E-state index contributed by atoms with van der Waals surface area (Å²) in [5.41, 5.74) is 3.47. The third-order valence-corrected chi connectivity index (χ3v) is 8.89. The molecule has 1 heterocycles. The van der Waals surface area contributed by atoms with Gasteiger partial charge in [0.15, 0.2) is 5.13 Å². The summed E-state index contributed by atoms with van der Waals surface area (Å²) in [6.45, 7) is 1.95. The number of methoxy groups -OCH3 is 1. The fourth-order valence-corrected chi connectivity index (χ4v) is 6.17. The Balaban J connectivity index is 1.28. The summed E-state index contributed by atoms with van der Waals surface area (Å²) in [5.74, 6) is -0.448. The van der Waals surface area contributed by atoms with Crippen molar-refractivity contribution in [1.82, 2.24) is 10.3 Å². The third kappa shape index (κ3) is 8.71. The van der Waals surface area contributed by atoms with Crippen molar-refractivity contribution in [2.45, 2.75) is 23.5 Å². The number of rotatable bonds is 12. The van der Waals surface area contributed by atoms with E-state index >= 15 is 0 Å². The highest BCUT2D eigenvalue weighted by Gasteiger charge is 2.20. The maximum Gasteiger partial charge on any atom is 0.272 e. The maximum atomic E-state index is 13.5. The second-order valence-corrected chi connectivity index (χ2v) is 12.2. The van der Waals surface area contributed by atoms with Crippen molar-refractivity contribution in [3.05, 3.63) is 131 Å². The molecule has 0 fully saturated rings. The first kappa shape index (κ1) is 32.2. The number of amides is 3. The van der Waals surface area contributed by atoms with Gasteiger partial charge in [-0.25, -0.2) is 4.98 Å². The number of nitrogens with one attached hydrogen (secondary N) is 3. The molecule has 1 atom stereocenters. The Kier molecular flexibility index (Phi) is 11.0. The summed E-state index contributed by atoms with van der Waals surface area (Å²) in [4.78, 5) is 45.1. The van der Waals surface area contributed by atoms with Crippen LogP contribution in [0.25, 0.3) is 17.3 Å². The summed E-state index contributed by atoms with van der Waals surface area (Å²) in [5, 5.41) is 10.7. The summed E-state index contributed by atoms with van der Waals surface area (Å²) in [6.07, 6.45) is 2.18. The molecule has 3 N–H and O–H groups in total. The molecule has 46 heavy (non-hydrogen) atoms. The summed E-state index contributed by atoms with van der Waals surface area (Å²) < 4.78 is 5.32. The van der Waals surface area contributed by atoms with Crippen molar-refractivity contribution in [2.24, 2.45) is 0 Å². The van der Waals surface area contributed by atoms with Gasteiger partial charge in [-0.2, -0.15) is 0 Å². The van der Waals surface area contributed by atoms with Crippen LogP contribution in [0.4, 0.5) is 10.8 Å². The standard InChI is InChI=1S/C36H32N4O4S2/c1-3-32(35(43)40-36-39-31(23-45-36)25-13-6-4-7-14-25)46-29-19-11-17-27(22-29)37-34(42)30(21-24-12-10-18-28(20-24)44-2)38-33(41)26-15-8-5-9-16-26/h4-23,32H,3H2,1-2H3,(H,37,42)(H,38,41)(H,39,40,43)/b30-21-. The molecule has 3 amide bonds. The quantitative estimate of drug-likeness (QED) is 0.0944. The molecule has 1 aromatic heterocycles. The van der Waals surface area contributed by atoms with Crippen molar-refractivity contribution in [1.29, 1.82) is 0 Å². The lowest BCUT2D eigenvalue weighted by atomic mass is 10.1. The van der Waals surface area contributed by atoms with Gasteiger partial charge in [0.05, 0.1) is 18.1 Å². The van der Waals surface area contributed by atoms with E-state index in [1.165, 1.54) is 23.1 Å². The van der Waals surface area contributed by atoms with Crippen LogP contribution in [0.5, 0.6) is 5.75 Å². The van der Waals surface area contributed by atoms with E-state index in [9.17, 15) is 14.4 Å². The molecule has 0 bridgehead atoms. The Labute approximate surface area is 275 Å². The highest BCUT2D eigenvalue weighted by Crippen LogP contribution is 2.30. The van der Waals surface area contributed by atoms with Crippen molar-refractivity contribution < 1.29 is 19.1 Å². The minimum absolute atomic E-state index is 0.0595. The number of ether oxygens (including phenoxy) is 1. The van der Waals surface area contributed by atoms with E-state index in [2.05, 4.69) is 20.9 Å². The van der Waals surface area contributed by atoms with Crippen LogP contribution in [0.15, 0.2) is 125 Å². The predicted molar refractivity (Wildman–Crippen MR) is 186 cm³/mol. The smallest absolute Gasteiger partial charge is 0.272 e. The van der Waals surface area contributed by atoms with Crippen LogP contribution in [0.2, 0.25) is 0 Å². The Hall–Kier alpha value is -5.19. The minimum atomic E-state index is -0.503. The van der Waals surface area contributed by atoms with Crippen LogP contribution in [0.1, 0.15) is 29.3 Å². The van der Waals surface area contributed by atoms with E-state index in [0.29, 0.717) is 34.1 Å². The molecule has 0 saturated heterocycles. The number of nitrogens with zero attached hydrogens (tertiary/aromatic N) is 1. The van der Waals surface area contributed by atoms with Gasteiger partial charge in [-0.15, -0.1) is 23.1 Å². The zero-order valence-corrected chi connectivity index (χ0v) is 26.9. The molecular weight excluding hydrogens is 617 g/mol. The number of carbonyl (C=O) groups is 3. The van der Waals surface area contributed by atoms with Crippen molar-refractivity contribution in [3.63, 3.8) is 0 Å². The van der Waals surface area contributed by atoms with E-state index in [4.69, 9.17) is 4.74 Å². The number of thioether (sulfide) groups is 1. The molecule has 5 rings (SSSR count). The first-order valence-electron chi connectivity index (χ1n) is 14.5. The molecule has 4 aromatic carbocycles. The number of aromatic nitrogens is 1. The van der Waals surface area contributed by atoms with Crippen LogP contribution in [0.3, 0.4) is 0 Å². The van der Waals surface area contributed by atoms with Crippen molar-refractivity contribution in [3.8, 4) is 17.0 Å². The number of benzene rings is 4. The van der Waals surface area contributed by atoms with E-state index in [1.54, 1.807) is 67.8 Å². The average molecular weight is 649 g/mol. The molecular formula is C36H32N4O4S2. The maximum absolute atomic E-state index is 13.5. The van der Waals surface area contributed by atoms with Crippen molar-refractivity contribution in [2.75, 3.05) is 17.7 Å². The van der Waals surface area contributed by atoms with Gasteiger partial charge >= 0.3 is 0 Å². The van der Waals surface area contributed by atoms with Gasteiger partial charge in [0, 0.05) is 27.1 Å². The Morgan fingerprint density at radius 3 is 2.37 bits per heavy atom. The predicted octanol–water partition coefficient (Wildman–Crippen LogP) is 7.74. The first-order valence-corrected chi connectivity index (χ1v) is 16.3. The average Bonchev–Trinajstić information content (AvgIpc) is 3.56. The topological polar surface area (TPSA) is 109 Å². The van der Waals surface area contributed by atoms with E-state index in [-0.39, 0.29) is 16.9 Å². The Morgan fingerprint density at radius 1 is 0.891 bits per heavy atom. The summed E-state index contributed by atoms with van der Waals surface area (Å²) >= 11 is 2.78. The molecule has 5 aromatic rings. The van der Waals surface area contributed by atoms with Crippen LogP contribution < -0.4 is 20.7 Å². The Morgan fingerprint density at radius 2 is 1.63 bits per heavy atom. The molecule has 0 saturated carbocycles. The molecule has 0 aliphatic rings. The molecule has 0 radical (unpaired) electrons. The van der Waals surface area contributed by atoms with Gasteiger partial charge in [0.25, 0.3) is 11.8 Å². The van der Waals surface area contributed by atoms with Gasteiger partial charge < -0.3 is 20.7 Å². The third-order valence-electron chi connectivity index (χ3n) is 6.77. The molecule has 10 heteroatoms. The summed E-state index contributed by atoms with van der Waals surface area (Å²) in [6, 6.07) is 32.9. The van der Waals surface area contributed by atoms with E-state index in [0.717, 1.165) is 16.2 Å². The lowest BCUT2D eigenvalue weighted by Gasteiger charge is -2.15. The van der Waals surface area contributed by atoms with Crippen LogP contribution in [-0.4, -0.2) is 35.1 Å². The second kappa shape index (κ2) is 15.7. The zero-order valence-electron chi connectivity index (χ0n) is 25.2. The molecule has 0 spiro atoms. The first-order chi connectivity index (χ1) is 22.4. The normalized spacial score (nSPS) is 11.7. The highest BCUT2D eigenvalue weighted by molar-refractivity contribution is 8.00. The number of carbonyl (C=O) groups excluding carboxylic acids is 3. The number of hydrogen-bond acceptors (Lipinski definition) is 7. The van der Waals surface area contributed by atoms with E-state index in [1.807, 2.05) is 66.9 Å². The largest absolute Gasteiger partial charge is 0.497 e. The number of hydrogen-bond donors (Lipinski definition) is 3. The second-order valence-electron chi connectivity index (χ2n) is 10.0. The van der Waals surface area contributed by atoms with Crippen LogP contribution >= 0.6 is 23.1 Å². The number of anilines is 2. The van der Waals surface area contributed by atoms with Gasteiger partial charge in [0.1, 0.15) is 11.4 Å². The highest BCUT2D eigenvalue weighted by atomic mass is 32.2. The van der Waals surface area contributed by atoms with Crippen LogP contribution in [-0.2, 0) is 9.59 Å². The zero-order chi connectivity index (χ0) is 32.3. The molecule has 232 valence electrons. The Bertz CT molecular complexity index is 1840. The lowest BCUT2D eigenvalue weighted by Crippen LogP contribution is -2.30. The van der Waals surface area contributed by atoms with E-state index < -0.39 is 11.8 Å². The SMILES string of the molecule is CCC(Sc1cccc(NC(=O)/C(=C/c2cccc(OC)c2)NC(=O)c2ccccc2)c1)C(=O)Nc1nc(-c2ccccc2)cs1. The van der Waals surface area contributed by atoms with Gasteiger partial charge in [-0.05, 0) is 60.5 Å². The molecule has 0 aliphatic heterocycles. The van der Waals surface area contributed by atoms with Gasteiger partial charge in [-0.1, -0.05) is 73.7 Å². The summed E-state index contributed by atoms with van der Waals surface area (Å²) in [7, 11) is 1.56.